The number of nitrogens with zero attached hydrogens (tertiary/aromatic N) is 2. The van der Waals surface area contributed by atoms with Crippen LogP contribution in [0.4, 0.5) is 16.2 Å². The number of benzene rings is 3. The molecule has 7 nitrogen and oxygen atoms in total. The molecular weight excluding hydrogens is 504 g/mol. The lowest BCUT2D eigenvalue weighted by Crippen LogP contribution is -2.57. The highest BCUT2D eigenvalue weighted by molar-refractivity contribution is 6.46. The van der Waals surface area contributed by atoms with Crippen LogP contribution in [0.2, 0.25) is 0 Å². The maximum absolute atomic E-state index is 13.6. The number of hydrogen-bond acceptors (Lipinski definition) is 5. The van der Waals surface area contributed by atoms with Gasteiger partial charge in [0.2, 0.25) is 0 Å². The van der Waals surface area contributed by atoms with E-state index in [0.29, 0.717) is 41.7 Å². The summed E-state index contributed by atoms with van der Waals surface area (Å²) in [6.45, 7) is 5.11. The predicted molar refractivity (Wildman–Crippen MR) is 158 cm³/mol. The molecular formula is C33H36N2O5. The van der Waals surface area contributed by atoms with Crippen molar-refractivity contribution in [1.82, 2.24) is 0 Å². The van der Waals surface area contributed by atoms with E-state index in [0.717, 1.165) is 22.6 Å². The molecule has 0 atom stereocenters. The molecule has 1 aliphatic rings. The van der Waals surface area contributed by atoms with Crippen LogP contribution in [0.5, 0.6) is 11.5 Å². The average molecular weight is 541 g/mol. The van der Waals surface area contributed by atoms with Crippen LogP contribution in [-0.2, 0) is 9.59 Å². The zero-order chi connectivity index (χ0) is 28.3. The molecule has 0 unspecified atom stereocenters. The zero-order valence-corrected chi connectivity index (χ0v) is 23.2. The van der Waals surface area contributed by atoms with Gasteiger partial charge in [-0.25, -0.2) is 14.6 Å². The van der Waals surface area contributed by atoms with Gasteiger partial charge in [-0.1, -0.05) is 81.5 Å². The van der Waals surface area contributed by atoms with Gasteiger partial charge in [0.15, 0.2) is 11.5 Å². The van der Waals surface area contributed by atoms with Gasteiger partial charge in [-0.3, -0.25) is 9.59 Å². The van der Waals surface area contributed by atoms with Gasteiger partial charge in [-0.2, -0.15) is 0 Å². The van der Waals surface area contributed by atoms with E-state index in [1.165, 1.54) is 31.8 Å². The van der Waals surface area contributed by atoms with Crippen LogP contribution < -0.4 is 19.3 Å². The summed E-state index contributed by atoms with van der Waals surface area (Å²) in [4.78, 5) is 42.7. The largest absolute Gasteiger partial charge is 0.490 e. The molecule has 1 fully saturated rings. The Kier molecular flexibility index (Phi) is 10.1. The molecule has 0 saturated carbocycles. The lowest BCUT2D eigenvalue weighted by atomic mass is 10.0. The number of carbonyl (C=O) groups is 3. The van der Waals surface area contributed by atoms with Crippen molar-refractivity contribution in [2.75, 3.05) is 23.0 Å². The number of hydrogen-bond donors (Lipinski definition) is 0. The first-order valence-electron chi connectivity index (χ1n) is 14.0. The number of barbiturate groups is 1. The van der Waals surface area contributed by atoms with Gasteiger partial charge in [0.05, 0.1) is 24.6 Å². The van der Waals surface area contributed by atoms with Crippen LogP contribution in [0.1, 0.15) is 57.9 Å². The van der Waals surface area contributed by atoms with E-state index >= 15 is 0 Å². The Morgan fingerprint density at radius 1 is 0.650 bits per heavy atom. The van der Waals surface area contributed by atoms with Gasteiger partial charge >= 0.3 is 6.03 Å². The van der Waals surface area contributed by atoms with E-state index in [2.05, 4.69) is 6.92 Å². The van der Waals surface area contributed by atoms with Crippen LogP contribution in [0.25, 0.3) is 6.08 Å². The minimum atomic E-state index is -0.724. The number of amides is 4. The maximum atomic E-state index is 13.6. The predicted octanol–water partition coefficient (Wildman–Crippen LogP) is 7.41. The molecule has 1 aliphatic heterocycles. The molecule has 40 heavy (non-hydrogen) atoms. The van der Waals surface area contributed by atoms with Crippen molar-refractivity contribution in [3.05, 3.63) is 90.0 Å². The number of para-hydroxylation sites is 2. The van der Waals surface area contributed by atoms with Crippen LogP contribution in [-0.4, -0.2) is 31.1 Å². The Morgan fingerprint density at radius 2 is 1.23 bits per heavy atom. The van der Waals surface area contributed by atoms with Crippen molar-refractivity contribution in [3.8, 4) is 11.5 Å². The SMILES string of the molecule is CCCCCCCCOc1ccc(C=C2C(=O)N(c3ccccc3)C(=O)N(c3ccccc3)C2=O)cc1OCC. The topological polar surface area (TPSA) is 76.2 Å². The number of urea groups is 1. The molecule has 3 aromatic rings. The summed E-state index contributed by atoms with van der Waals surface area (Å²) in [5.74, 6) is -0.218. The summed E-state index contributed by atoms with van der Waals surface area (Å²) in [5, 5.41) is 0. The number of ether oxygens (including phenoxy) is 2. The molecule has 0 N–H and O–H groups in total. The van der Waals surface area contributed by atoms with E-state index in [4.69, 9.17) is 9.47 Å². The fraction of sp³-hybridized carbons (Fsp3) is 0.303. The van der Waals surface area contributed by atoms with Gasteiger partial charge in [0, 0.05) is 0 Å². The lowest BCUT2D eigenvalue weighted by molar-refractivity contribution is -0.121. The lowest BCUT2D eigenvalue weighted by Gasteiger charge is -2.33. The highest BCUT2D eigenvalue weighted by atomic mass is 16.5. The molecule has 208 valence electrons. The summed E-state index contributed by atoms with van der Waals surface area (Å²) in [5.41, 5.74) is 1.22. The van der Waals surface area contributed by atoms with E-state index in [-0.39, 0.29) is 5.57 Å². The summed E-state index contributed by atoms with van der Waals surface area (Å²) in [7, 11) is 0. The maximum Gasteiger partial charge on any atom is 0.343 e. The third-order valence-electron chi connectivity index (χ3n) is 6.61. The van der Waals surface area contributed by atoms with Crippen LogP contribution >= 0.6 is 0 Å². The third-order valence-corrected chi connectivity index (χ3v) is 6.61. The molecule has 7 heteroatoms. The Bertz CT molecular complexity index is 1270. The van der Waals surface area contributed by atoms with E-state index in [1.807, 2.05) is 6.92 Å². The smallest absolute Gasteiger partial charge is 0.343 e. The van der Waals surface area contributed by atoms with Crippen molar-refractivity contribution < 1.29 is 23.9 Å². The van der Waals surface area contributed by atoms with Crippen molar-refractivity contribution in [2.24, 2.45) is 0 Å². The van der Waals surface area contributed by atoms with Crippen molar-refractivity contribution in [3.63, 3.8) is 0 Å². The Hall–Kier alpha value is -4.39. The van der Waals surface area contributed by atoms with Gasteiger partial charge < -0.3 is 9.47 Å². The fourth-order valence-electron chi connectivity index (χ4n) is 4.57. The Labute approximate surface area is 236 Å². The second-order valence-corrected chi connectivity index (χ2v) is 9.55. The van der Waals surface area contributed by atoms with E-state index in [9.17, 15) is 14.4 Å². The fourth-order valence-corrected chi connectivity index (χ4v) is 4.57. The van der Waals surface area contributed by atoms with Crippen LogP contribution in [0.3, 0.4) is 0 Å². The first kappa shape index (κ1) is 28.6. The summed E-state index contributed by atoms with van der Waals surface area (Å²) in [6.07, 6.45) is 8.51. The Morgan fingerprint density at radius 3 is 1.80 bits per heavy atom. The number of carbonyl (C=O) groups excluding carboxylic acids is 3. The zero-order valence-electron chi connectivity index (χ0n) is 23.2. The molecule has 1 heterocycles. The Balaban J connectivity index is 1.62. The van der Waals surface area contributed by atoms with Crippen molar-refractivity contribution in [1.29, 1.82) is 0 Å². The highest BCUT2D eigenvalue weighted by Gasteiger charge is 2.43. The average Bonchev–Trinajstić information content (AvgIpc) is 2.97. The molecule has 0 aromatic heterocycles. The van der Waals surface area contributed by atoms with Crippen LogP contribution in [0.15, 0.2) is 84.4 Å². The third kappa shape index (κ3) is 6.78. The highest BCUT2D eigenvalue weighted by Crippen LogP contribution is 2.32. The number of anilines is 2. The quantitative estimate of drug-likeness (QED) is 0.128. The summed E-state index contributed by atoms with van der Waals surface area (Å²) >= 11 is 0. The van der Waals surface area contributed by atoms with Gasteiger partial charge in [0.1, 0.15) is 5.57 Å². The second kappa shape index (κ2) is 14.1. The minimum Gasteiger partial charge on any atom is -0.490 e. The molecule has 1 saturated heterocycles. The number of unbranched alkanes of at least 4 members (excludes halogenated alkanes) is 5. The van der Waals surface area contributed by atoms with Crippen LogP contribution in [0, 0.1) is 0 Å². The molecule has 4 rings (SSSR count). The first-order chi connectivity index (χ1) is 19.5. The molecule has 0 aliphatic carbocycles. The van der Waals surface area contributed by atoms with E-state index < -0.39 is 17.8 Å². The number of rotatable bonds is 13. The summed E-state index contributed by atoms with van der Waals surface area (Å²) in [6, 6.07) is 21.8. The minimum absolute atomic E-state index is 0.129. The van der Waals surface area contributed by atoms with Gasteiger partial charge in [-0.15, -0.1) is 0 Å². The van der Waals surface area contributed by atoms with Gasteiger partial charge in [0.25, 0.3) is 11.8 Å². The second-order valence-electron chi connectivity index (χ2n) is 9.55. The normalized spacial score (nSPS) is 13.6. The molecule has 0 bridgehead atoms. The summed E-state index contributed by atoms with van der Waals surface area (Å²) < 4.78 is 11.8. The van der Waals surface area contributed by atoms with Crippen molar-refractivity contribution >= 4 is 35.3 Å². The molecule has 3 aromatic carbocycles. The van der Waals surface area contributed by atoms with Crippen molar-refractivity contribution in [2.45, 2.75) is 52.4 Å². The van der Waals surface area contributed by atoms with Gasteiger partial charge in [-0.05, 0) is 61.4 Å². The van der Waals surface area contributed by atoms with E-state index in [1.54, 1.807) is 78.9 Å². The monoisotopic (exact) mass is 540 g/mol. The standard InChI is InChI=1S/C33H36N2O5/c1-3-5-6-7-8-15-22-40-29-21-20-25(24-30(29)39-4-2)23-28-31(36)34(26-16-11-9-12-17-26)33(38)35(32(28)37)27-18-13-10-14-19-27/h9-14,16-21,23-24H,3-8,15,22H2,1-2H3. The molecule has 0 radical (unpaired) electrons. The molecule has 0 spiro atoms. The molecule has 4 amide bonds. The number of imide groups is 2. The first-order valence-corrected chi connectivity index (χ1v) is 14.0.